The summed E-state index contributed by atoms with van der Waals surface area (Å²) in [7, 11) is 0. The summed E-state index contributed by atoms with van der Waals surface area (Å²) >= 11 is 11.7. The van der Waals surface area contributed by atoms with Crippen molar-refractivity contribution in [3.63, 3.8) is 0 Å². The third-order valence-electron chi connectivity index (χ3n) is 2.44. The number of urea groups is 1. The molecule has 100 valence electrons. The number of aliphatic hydroxyl groups excluding tert-OH is 1. The second kappa shape index (κ2) is 6.83. The van der Waals surface area contributed by atoms with Crippen molar-refractivity contribution >= 4 is 29.2 Å². The topological polar surface area (TPSA) is 61.4 Å². The second-order valence-corrected chi connectivity index (χ2v) is 4.91. The summed E-state index contributed by atoms with van der Waals surface area (Å²) in [6.45, 7) is 3.45. The highest BCUT2D eigenvalue weighted by molar-refractivity contribution is 6.42. The molecule has 18 heavy (non-hydrogen) atoms. The number of hydrogen-bond acceptors (Lipinski definition) is 2. The Morgan fingerprint density at radius 1 is 1.28 bits per heavy atom. The van der Waals surface area contributed by atoms with Crippen molar-refractivity contribution in [1.29, 1.82) is 0 Å². The average molecular weight is 291 g/mol. The van der Waals surface area contributed by atoms with E-state index in [4.69, 9.17) is 28.3 Å². The van der Waals surface area contributed by atoms with Gasteiger partial charge in [0.05, 0.1) is 28.7 Å². The summed E-state index contributed by atoms with van der Waals surface area (Å²) in [5.74, 6) is 0. The van der Waals surface area contributed by atoms with Gasteiger partial charge in [-0.25, -0.2) is 4.79 Å². The van der Waals surface area contributed by atoms with Crippen molar-refractivity contribution in [3.8, 4) is 0 Å². The van der Waals surface area contributed by atoms with Crippen LogP contribution in [0.25, 0.3) is 0 Å². The number of nitrogens with one attached hydrogen (secondary N) is 2. The van der Waals surface area contributed by atoms with Gasteiger partial charge in [-0.2, -0.15) is 0 Å². The van der Waals surface area contributed by atoms with Crippen molar-refractivity contribution in [2.24, 2.45) is 0 Å². The molecular weight excluding hydrogens is 275 g/mol. The van der Waals surface area contributed by atoms with E-state index in [2.05, 4.69) is 10.6 Å². The highest BCUT2D eigenvalue weighted by atomic mass is 35.5. The molecule has 0 fully saturated rings. The molecule has 4 nitrogen and oxygen atoms in total. The Bertz CT molecular complexity index is 427. The van der Waals surface area contributed by atoms with Crippen molar-refractivity contribution in [1.82, 2.24) is 10.6 Å². The van der Waals surface area contributed by atoms with Crippen LogP contribution in [0, 0.1) is 0 Å². The summed E-state index contributed by atoms with van der Waals surface area (Å²) in [6, 6.07) is 4.37. The van der Waals surface area contributed by atoms with Crippen LogP contribution in [-0.2, 0) is 0 Å². The molecule has 0 radical (unpaired) electrons. The van der Waals surface area contributed by atoms with Gasteiger partial charge in [-0.1, -0.05) is 29.3 Å². The van der Waals surface area contributed by atoms with Crippen molar-refractivity contribution < 1.29 is 9.90 Å². The van der Waals surface area contributed by atoms with E-state index < -0.39 is 0 Å². The number of benzene rings is 1. The van der Waals surface area contributed by atoms with Gasteiger partial charge in [0.2, 0.25) is 0 Å². The SMILES string of the molecule is CC(CO)NC(=O)NC(C)c1ccc(Cl)c(Cl)c1. The largest absolute Gasteiger partial charge is 0.394 e. The number of carbonyl (C=O) groups excluding carboxylic acids is 1. The second-order valence-electron chi connectivity index (χ2n) is 4.10. The number of hydrogen-bond donors (Lipinski definition) is 3. The monoisotopic (exact) mass is 290 g/mol. The summed E-state index contributed by atoms with van der Waals surface area (Å²) in [4.78, 5) is 11.6. The van der Waals surface area contributed by atoms with Crippen LogP contribution in [-0.4, -0.2) is 23.8 Å². The van der Waals surface area contributed by atoms with Gasteiger partial charge in [0.15, 0.2) is 0 Å². The van der Waals surface area contributed by atoms with Crippen molar-refractivity contribution in [2.45, 2.75) is 25.9 Å². The van der Waals surface area contributed by atoms with Crippen LogP contribution in [0.1, 0.15) is 25.5 Å². The molecule has 0 aliphatic carbocycles. The van der Waals surface area contributed by atoms with Gasteiger partial charge in [0.1, 0.15) is 0 Å². The fourth-order valence-corrected chi connectivity index (χ4v) is 1.68. The Balaban J connectivity index is 2.62. The number of amides is 2. The van der Waals surface area contributed by atoms with Crippen LogP contribution < -0.4 is 10.6 Å². The van der Waals surface area contributed by atoms with Gasteiger partial charge in [-0.05, 0) is 31.5 Å². The Kier molecular flexibility index (Phi) is 5.72. The van der Waals surface area contributed by atoms with Crippen molar-refractivity contribution in [3.05, 3.63) is 33.8 Å². The maximum Gasteiger partial charge on any atom is 0.315 e. The number of halogens is 2. The first-order valence-corrected chi connectivity index (χ1v) is 6.32. The Hall–Kier alpha value is -0.970. The lowest BCUT2D eigenvalue weighted by Crippen LogP contribution is -2.43. The molecule has 0 spiro atoms. The molecule has 1 rings (SSSR count). The van der Waals surface area contributed by atoms with E-state index in [-0.39, 0.29) is 24.7 Å². The van der Waals surface area contributed by atoms with Gasteiger partial charge in [-0.15, -0.1) is 0 Å². The van der Waals surface area contributed by atoms with Crippen molar-refractivity contribution in [2.75, 3.05) is 6.61 Å². The van der Waals surface area contributed by atoms with Crippen LogP contribution >= 0.6 is 23.2 Å². The van der Waals surface area contributed by atoms with E-state index in [0.717, 1.165) is 5.56 Å². The van der Waals surface area contributed by atoms with Gasteiger partial charge in [0, 0.05) is 0 Å². The normalized spacial score (nSPS) is 13.8. The first-order valence-electron chi connectivity index (χ1n) is 5.57. The van der Waals surface area contributed by atoms with E-state index >= 15 is 0 Å². The van der Waals surface area contributed by atoms with E-state index in [1.807, 2.05) is 6.92 Å². The zero-order valence-electron chi connectivity index (χ0n) is 10.2. The molecule has 0 aromatic heterocycles. The molecule has 0 aliphatic heterocycles. The predicted molar refractivity (Wildman–Crippen MR) is 73.1 cm³/mol. The number of carbonyl (C=O) groups is 1. The molecule has 0 saturated carbocycles. The Morgan fingerprint density at radius 2 is 1.94 bits per heavy atom. The molecule has 0 heterocycles. The quantitative estimate of drug-likeness (QED) is 0.798. The van der Waals surface area contributed by atoms with E-state index in [9.17, 15) is 4.79 Å². The maximum absolute atomic E-state index is 11.6. The maximum atomic E-state index is 11.6. The summed E-state index contributed by atoms with van der Waals surface area (Å²) in [5, 5.41) is 15.1. The third kappa shape index (κ3) is 4.37. The molecular formula is C12H16Cl2N2O2. The lowest BCUT2D eigenvalue weighted by atomic mass is 10.1. The van der Waals surface area contributed by atoms with E-state index in [0.29, 0.717) is 10.0 Å². The molecule has 3 N–H and O–H groups in total. The molecule has 2 atom stereocenters. The van der Waals surface area contributed by atoms with E-state index in [1.165, 1.54) is 0 Å². The van der Waals surface area contributed by atoms with Gasteiger partial charge >= 0.3 is 6.03 Å². The number of aliphatic hydroxyl groups is 1. The summed E-state index contributed by atoms with van der Waals surface area (Å²) in [6.07, 6.45) is 0. The minimum Gasteiger partial charge on any atom is -0.394 e. The molecule has 6 heteroatoms. The fourth-order valence-electron chi connectivity index (χ4n) is 1.37. The zero-order chi connectivity index (χ0) is 13.7. The van der Waals surface area contributed by atoms with Gasteiger partial charge < -0.3 is 15.7 Å². The molecule has 0 saturated heterocycles. The lowest BCUT2D eigenvalue weighted by Gasteiger charge is -2.17. The molecule has 2 unspecified atom stereocenters. The molecule has 0 aliphatic rings. The zero-order valence-corrected chi connectivity index (χ0v) is 11.7. The summed E-state index contributed by atoms with van der Waals surface area (Å²) in [5.41, 5.74) is 0.858. The highest BCUT2D eigenvalue weighted by Crippen LogP contribution is 2.25. The Morgan fingerprint density at radius 3 is 2.50 bits per heavy atom. The number of rotatable bonds is 4. The predicted octanol–water partition coefficient (Wildman–Crippen LogP) is 2.73. The Labute approximate surface area is 116 Å². The minimum absolute atomic E-state index is 0.103. The highest BCUT2D eigenvalue weighted by Gasteiger charge is 2.12. The first-order chi connectivity index (χ1) is 8.43. The van der Waals surface area contributed by atoms with Crippen LogP contribution in [0.2, 0.25) is 10.0 Å². The first kappa shape index (κ1) is 15.1. The standard InChI is InChI=1S/C12H16Cl2N2O2/c1-7(6-17)15-12(18)16-8(2)9-3-4-10(13)11(14)5-9/h3-5,7-8,17H,6H2,1-2H3,(H2,15,16,18). The fraction of sp³-hybridized carbons (Fsp3) is 0.417. The molecule has 0 bridgehead atoms. The van der Waals surface area contributed by atoms with Gasteiger partial charge in [-0.3, -0.25) is 0 Å². The third-order valence-corrected chi connectivity index (χ3v) is 3.18. The van der Waals surface area contributed by atoms with Crippen LogP contribution in [0.15, 0.2) is 18.2 Å². The van der Waals surface area contributed by atoms with Crippen LogP contribution in [0.5, 0.6) is 0 Å². The minimum atomic E-state index is -0.338. The smallest absolute Gasteiger partial charge is 0.315 e. The average Bonchev–Trinajstić information content (AvgIpc) is 2.32. The molecule has 1 aromatic rings. The van der Waals surface area contributed by atoms with Gasteiger partial charge in [0.25, 0.3) is 0 Å². The molecule has 2 amide bonds. The van der Waals surface area contributed by atoms with Crippen LogP contribution in [0.3, 0.4) is 0 Å². The molecule has 1 aromatic carbocycles. The summed E-state index contributed by atoms with van der Waals surface area (Å²) < 4.78 is 0. The van der Waals surface area contributed by atoms with Crippen LogP contribution in [0.4, 0.5) is 4.79 Å². The lowest BCUT2D eigenvalue weighted by molar-refractivity contribution is 0.218. The van der Waals surface area contributed by atoms with E-state index in [1.54, 1.807) is 25.1 Å².